The molecular formula is C17H30FIN4O3S. The Hall–Kier alpha value is -1.14. The van der Waals surface area contributed by atoms with Crippen LogP contribution in [0.3, 0.4) is 0 Å². The third-order valence-corrected chi connectivity index (χ3v) is 5.58. The summed E-state index contributed by atoms with van der Waals surface area (Å²) in [6.07, 6.45) is 0.526. The Morgan fingerprint density at radius 1 is 1.30 bits per heavy atom. The first-order valence-corrected chi connectivity index (χ1v) is 10.2. The number of nitrogens with one attached hydrogen (secondary N) is 2. The van der Waals surface area contributed by atoms with Gasteiger partial charge in [-0.15, -0.1) is 24.0 Å². The van der Waals surface area contributed by atoms with Crippen molar-refractivity contribution in [2.75, 3.05) is 39.5 Å². The zero-order chi connectivity index (χ0) is 19.6. The van der Waals surface area contributed by atoms with E-state index >= 15 is 0 Å². The van der Waals surface area contributed by atoms with E-state index in [9.17, 15) is 12.8 Å². The lowest BCUT2D eigenvalue weighted by molar-refractivity contribution is 0.223. The van der Waals surface area contributed by atoms with Gasteiger partial charge in [0.25, 0.3) is 0 Å². The Kier molecular flexibility index (Phi) is 12.6. The van der Waals surface area contributed by atoms with E-state index in [4.69, 9.17) is 4.74 Å². The predicted octanol–water partition coefficient (Wildman–Crippen LogP) is 2.05. The van der Waals surface area contributed by atoms with Crippen LogP contribution in [0.5, 0.6) is 5.75 Å². The van der Waals surface area contributed by atoms with Gasteiger partial charge in [0.15, 0.2) is 5.96 Å². The summed E-state index contributed by atoms with van der Waals surface area (Å²) in [5.74, 6) is 1.01. The number of aliphatic imine (C=N–C) groups is 1. The molecule has 156 valence electrons. The van der Waals surface area contributed by atoms with Gasteiger partial charge in [0.05, 0.1) is 12.3 Å². The molecule has 1 aromatic rings. The van der Waals surface area contributed by atoms with Crippen molar-refractivity contribution < 1.29 is 17.5 Å². The quantitative estimate of drug-likeness (QED) is 0.215. The number of ether oxygens (including phenoxy) is 1. The molecule has 0 spiro atoms. The Balaban J connectivity index is 0.00000676. The highest BCUT2D eigenvalue weighted by Crippen LogP contribution is 2.12. The van der Waals surface area contributed by atoms with Crippen molar-refractivity contribution in [1.82, 2.24) is 14.9 Å². The largest absolute Gasteiger partial charge is 0.489 e. The molecule has 0 amide bonds. The summed E-state index contributed by atoms with van der Waals surface area (Å²) < 4.78 is 43.3. The first-order valence-electron chi connectivity index (χ1n) is 8.59. The summed E-state index contributed by atoms with van der Waals surface area (Å²) >= 11 is 0. The van der Waals surface area contributed by atoms with Crippen molar-refractivity contribution in [2.45, 2.75) is 26.4 Å². The summed E-state index contributed by atoms with van der Waals surface area (Å²) in [7, 11) is 0.106. The second-order valence-electron chi connectivity index (χ2n) is 5.84. The van der Waals surface area contributed by atoms with E-state index in [0.717, 1.165) is 0 Å². The molecule has 27 heavy (non-hydrogen) atoms. The van der Waals surface area contributed by atoms with Crippen molar-refractivity contribution in [1.29, 1.82) is 0 Å². The highest BCUT2D eigenvalue weighted by atomic mass is 127. The third-order valence-electron chi connectivity index (χ3n) is 3.71. The second kappa shape index (κ2) is 13.1. The minimum absolute atomic E-state index is 0. The van der Waals surface area contributed by atoms with Crippen molar-refractivity contribution >= 4 is 40.0 Å². The van der Waals surface area contributed by atoms with Crippen molar-refractivity contribution in [3.63, 3.8) is 0 Å². The van der Waals surface area contributed by atoms with E-state index in [1.807, 2.05) is 6.92 Å². The fraction of sp³-hybridized carbons (Fsp3) is 0.588. The third kappa shape index (κ3) is 10.1. The zero-order valence-electron chi connectivity index (χ0n) is 16.2. The fourth-order valence-electron chi connectivity index (χ4n) is 2.12. The molecule has 0 saturated heterocycles. The molecule has 0 heterocycles. The van der Waals surface area contributed by atoms with Gasteiger partial charge in [0, 0.05) is 27.2 Å². The van der Waals surface area contributed by atoms with E-state index in [2.05, 4.69) is 15.6 Å². The van der Waals surface area contributed by atoms with Gasteiger partial charge in [-0.1, -0.05) is 0 Å². The number of hydrogen-bond acceptors (Lipinski definition) is 4. The Bertz CT molecular complexity index is 671. The summed E-state index contributed by atoms with van der Waals surface area (Å²) in [5.41, 5.74) is 0. The molecule has 0 aliphatic rings. The maximum atomic E-state index is 12.9. The minimum atomic E-state index is -3.14. The Morgan fingerprint density at radius 2 is 1.93 bits per heavy atom. The number of rotatable bonds is 10. The van der Waals surface area contributed by atoms with Crippen LogP contribution in [-0.4, -0.2) is 64.3 Å². The predicted molar refractivity (Wildman–Crippen MR) is 118 cm³/mol. The second-order valence-corrected chi connectivity index (χ2v) is 8.20. The lowest BCUT2D eigenvalue weighted by Gasteiger charge is -2.19. The molecule has 1 unspecified atom stereocenters. The summed E-state index contributed by atoms with van der Waals surface area (Å²) in [5, 5.41) is 6.27. The molecule has 0 aromatic heterocycles. The van der Waals surface area contributed by atoms with Crippen LogP contribution in [0.25, 0.3) is 0 Å². The molecule has 0 radical (unpaired) electrons. The molecule has 7 nitrogen and oxygen atoms in total. The first kappa shape index (κ1) is 25.9. The van der Waals surface area contributed by atoms with Gasteiger partial charge in [0.1, 0.15) is 17.7 Å². The Labute approximate surface area is 178 Å². The molecule has 0 aliphatic carbocycles. The maximum Gasteiger partial charge on any atom is 0.213 e. The highest BCUT2D eigenvalue weighted by Gasteiger charge is 2.14. The fourth-order valence-corrected chi connectivity index (χ4v) is 2.96. The molecule has 0 aliphatic heterocycles. The topological polar surface area (TPSA) is 83.0 Å². The monoisotopic (exact) mass is 516 g/mol. The number of nitrogens with zero attached hydrogens (tertiary/aromatic N) is 2. The van der Waals surface area contributed by atoms with Gasteiger partial charge in [-0.25, -0.2) is 17.1 Å². The van der Waals surface area contributed by atoms with Crippen LogP contribution in [-0.2, 0) is 10.0 Å². The van der Waals surface area contributed by atoms with Gasteiger partial charge in [-0.3, -0.25) is 4.99 Å². The molecule has 0 fully saturated rings. The van der Waals surface area contributed by atoms with Crippen molar-refractivity contribution in [3.05, 3.63) is 30.1 Å². The molecule has 10 heteroatoms. The van der Waals surface area contributed by atoms with Crippen LogP contribution in [0.15, 0.2) is 29.3 Å². The smallest absolute Gasteiger partial charge is 0.213 e. The average molecular weight is 516 g/mol. The number of guanidine groups is 1. The molecule has 1 atom stereocenters. The lowest BCUT2D eigenvalue weighted by atomic mass is 10.3. The molecular weight excluding hydrogens is 486 g/mol. The standard InChI is InChI=1S/C17H29FN4O3S.HI/c1-5-26(23,24)22(4)12-6-11-20-17(19-3)21-13-14(2)25-16-9-7-15(18)8-10-16;/h7-10,14H,5-6,11-13H2,1-4H3,(H2,19,20,21);1H. The number of hydrogen-bond donors (Lipinski definition) is 2. The summed E-state index contributed by atoms with van der Waals surface area (Å²) in [4.78, 5) is 4.12. The van der Waals surface area contributed by atoms with E-state index < -0.39 is 10.0 Å². The zero-order valence-corrected chi connectivity index (χ0v) is 19.4. The molecule has 0 bridgehead atoms. The normalized spacial score (nSPS) is 13.0. The molecule has 1 aromatic carbocycles. The van der Waals surface area contributed by atoms with Crippen molar-refractivity contribution in [2.24, 2.45) is 4.99 Å². The number of sulfonamides is 1. The van der Waals surface area contributed by atoms with Crippen LogP contribution in [0, 0.1) is 5.82 Å². The summed E-state index contributed by atoms with van der Waals surface area (Å²) in [6.45, 7) is 5.08. The molecule has 2 N–H and O–H groups in total. The Morgan fingerprint density at radius 3 is 2.48 bits per heavy atom. The van der Waals surface area contributed by atoms with Gasteiger partial charge in [0.2, 0.25) is 10.0 Å². The van der Waals surface area contributed by atoms with E-state index in [0.29, 0.717) is 37.8 Å². The van der Waals surface area contributed by atoms with E-state index in [1.165, 1.54) is 16.4 Å². The van der Waals surface area contributed by atoms with E-state index in [1.54, 1.807) is 33.2 Å². The lowest BCUT2D eigenvalue weighted by Crippen LogP contribution is -2.42. The molecule has 0 saturated carbocycles. The highest BCUT2D eigenvalue weighted by molar-refractivity contribution is 14.0. The van der Waals surface area contributed by atoms with Gasteiger partial charge < -0.3 is 15.4 Å². The first-order chi connectivity index (χ1) is 12.3. The minimum Gasteiger partial charge on any atom is -0.489 e. The van der Waals surface area contributed by atoms with Gasteiger partial charge >= 0.3 is 0 Å². The molecule has 1 rings (SSSR count). The van der Waals surface area contributed by atoms with Crippen LogP contribution < -0.4 is 15.4 Å². The maximum absolute atomic E-state index is 12.9. The summed E-state index contributed by atoms with van der Waals surface area (Å²) in [6, 6.07) is 5.87. The van der Waals surface area contributed by atoms with E-state index in [-0.39, 0.29) is 41.7 Å². The SMILES string of the molecule is CCS(=O)(=O)N(C)CCCNC(=NC)NCC(C)Oc1ccc(F)cc1.I. The average Bonchev–Trinajstić information content (AvgIpc) is 2.62. The van der Waals surface area contributed by atoms with Crippen LogP contribution in [0.2, 0.25) is 0 Å². The van der Waals surface area contributed by atoms with Crippen LogP contribution in [0.4, 0.5) is 4.39 Å². The number of halogens is 2. The number of benzene rings is 1. The van der Waals surface area contributed by atoms with Gasteiger partial charge in [-0.05, 0) is 44.5 Å². The van der Waals surface area contributed by atoms with Crippen LogP contribution in [0.1, 0.15) is 20.3 Å². The van der Waals surface area contributed by atoms with Crippen molar-refractivity contribution in [3.8, 4) is 5.75 Å². The van der Waals surface area contributed by atoms with Gasteiger partial charge in [-0.2, -0.15) is 0 Å². The van der Waals surface area contributed by atoms with Crippen LogP contribution >= 0.6 is 24.0 Å².